The lowest BCUT2D eigenvalue weighted by Crippen LogP contribution is -2.56. The topological polar surface area (TPSA) is 38.5 Å². The number of hydrogen-bond donors (Lipinski definition) is 1. The third-order valence-electron chi connectivity index (χ3n) is 6.20. The summed E-state index contributed by atoms with van der Waals surface area (Å²) in [6.07, 6.45) is 9.26. The van der Waals surface area contributed by atoms with Crippen LogP contribution in [0.25, 0.3) is 0 Å². The molecule has 1 aliphatic heterocycles. The first kappa shape index (κ1) is 17.2. The quantitative estimate of drug-likeness (QED) is 0.867. The van der Waals surface area contributed by atoms with E-state index in [1.54, 1.807) is 0 Å². The van der Waals surface area contributed by atoms with Crippen molar-refractivity contribution in [3.05, 3.63) is 0 Å². The molecule has 124 valence electrons. The maximum absolute atomic E-state index is 6.24. The number of nitrogens with zero attached hydrogens (tertiary/aromatic N) is 1. The lowest BCUT2D eigenvalue weighted by Gasteiger charge is -2.47. The van der Waals surface area contributed by atoms with Crippen LogP contribution in [0.4, 0.5) is 0 Å². The highest BCUT2D eigenvalue weighted by atomic mass is 16.5. The van der Waals surface area contributed by atoms with Gasteiger partial charge in [0.15, 0.2) is 0 Å². The SMILES string of the molecule is COC1CCC(CN)(N2CCCC(C(C)(C)C)CC2)CC1. The van der Waals surface area contributed by atoms with Crippen molar-refractivity contribution < 1.29 is 4.74 Å². The van der Waals surface area contributed by atoms with Crippen molar-refractivity contribution in [3.63, 3.8) is 0 Å². The molecule has 0 amide bonds. The Labute approximate surface area is 131 Å². The molecule has 0 aromatic rings. The molecule has 1 unspecified atom stereocenters. The highest BCUT2D eigenvalue weighted by Crippen LogP contribution is 2.39. The molecule has 3 nitrogen and oxygen atoms in total. The van der Waals surface area contributed by atoms with E-state index in [1.165, 1.54) is 58.0 Å². The molecule has 21 heavy (non-hydrogen) atoms. The zero-order chi connectivity index (χ0) is 15.5. The van der Waals surface area contributed by atoms with Crippen LogP contribution in [0.1, 0.15) is 65.7 Å². The smallest absolute Gasteiger partial charge is 0.0572 e. The molecule has 1 saturated heterocycles. The number of rotatable bonds is 3. The van der Waals surface area contributed by atoms with E-state index in [9.17, 15) is 0 Å². The fraction of sp³-hybridized carbons (Fsp3) is 1.00. The predicted octanol–water partition coefficient (Wildman–Crippen LogP) is 3.42. The van der Waals surface area contributed by atoms with Gasteiger partial charge >= 0.3 is 0 Å². The minimum absolute atomic E-state index is 0.252. The van der Waals surface area contributed by atoms with Gasteiger partial charge in [-0.1, -0.05) is 20.8 Å². The van der Waals surface area contributed by atoms with Gasteiger partial charge in [-0.05, 0) is 69.4 Å². The minimum Gasteiger partial charge on any atom is -0.381 e. The summed E-state index contributed by atoms with van der Waals surface area (Å²) in [5.41, 5.74) is 6.94. The molecule has 2 N–H and O–H groups in total. The van der Waals surface area contributed by atoms with Crippen molar-refractivity contribution in [2.24, 2.45) is 17.1 Å². The first-order valence-corrected chi connectivity index (χ1v) is 8.89. The maximum Gasteiger partial charge on any atom is 0.0572 e. The van der Waals surface area contributed by atoms with Crippen LogP contribution in [0.2, 0.25) is 0 Å². The molecule has 1 atom stereocenters. The first-order chi connectivity index (χ1) is 9.91. The summed E-state index contributed by atoms with van der Waals surface area (Å²) < 4.78 is 5.54. The molecule has 0 aromatic carbocycles. The Morgan fingerprint density at radius 2 is 1.76 bits per heavy atom. The highest BCUT2D eigenvalue weighted by molar-refractivity contribution is 4.97. The number of hydrogen-bond acceptors (Lipinski definition) is 3. The summed E-state index contributed by atoms with van der Waals surface area (Å²) >= 11 is 0. The standard InChI is InChI=1S/C18H36N2O/c1-17(2,3)15-6-5-12-20(13-9-15)18(14-19)10-7-16(21-4)8-11-18/h15-16H,5-14,19H2,1-4H3. The Morgan fingerprint density at radius 3 is 2.29 bits per heavy atom. The fourth-order valence-corrected chi connectivity index (χ4v) is 4.45. The zero-order valence-corrected chi connectivity index (χ0v) is 14.7. The van der Waals surface area contributed by atoms with E-state index in [1.807, 2.05) is 7.11 Å². The van der Waals surface area contributed by atoms with Crippen LogP contribution < -0.4 is 5.73 Å². The summed E-state index contributed by atoms with van der Waals surface area (Å²) in [4.78, 5) is 2.74. The number of ether oxygens (including phenoxy) is 1. The van der Waals surface area contributed by atoms with Gasteiger partial charge in [0.25, 0.3) is 0 Å². The molecule has 1 saturated carbocycles. The fourth-order valence-electron chi connectivity index (χ4n) is 4.45. The highest BCUT2D eigenvalue weighted by Gasteiger charge is 2.40. The Morgan fingerprint density at radius 1 is 1.10 bits per heavy atom. The summed E-state index contributed by atoms with van der Waals surface area (Å²) in [5, 5.41) is 0. The first-order valence-electron chi connectivity index (χ1n) is 8.89. The molecule has 0 aromatic heterocycles. The van der Waals surface area contributed by atoms with E-state index in [-0.39, 0.29) is 5.54 Å². The van der Waals surface area contributed by atoms with E-state index >= 15 is 0 Å². The van der Waals surface area contributed by atoms with Crippen LogP contribution in [0, 0.1) is 11.3 Å². The molecule has 3 heteroatoms. The number of nitrogens with two attached hydrogens (primary N) is 1. The Hall–Kier alpha value is -0.120. The van der Waals surface area contributed by atoms with Crippen LogP contribution >= 0.6 is 0 Å². The van der Waals surface area contributed by atoms with Crippen molar-refractivity contribution in [2.45, 2.75) is 77.4 Å². The van der Waals surface area contributed by atoms with Crippen LogP contribution in [0.15, 0.2) is 0 Å². The molecular weight excluding hydrogens is 260 g/mol. The number of likely N-dealkylation sites (tertiary alicyclic amines) is 1. The van der Waals surface area contributed by atoms with Crippen LogP contribution in [0.3, 0.4) is 0 Å². The van der Waals surface area contributed by atoms with Gasteiger partial charge < -0.3 is 10.5 Å². The molecule has 0 bridgehead atoms. The average Bonchev–Trinajstić information content (AvgIpc) is 2.73. The Balaban J connectivity index is 2.00. The van der Waals surface area contributed by atoms with Gasteiger partial charge in [-0.15, -0.1) is 0 Å². The van der Waals surface area contributed by atoms with Gasteiger partial charge in [-0.2, -0.15) is 0 Å². The molecule has 1 heterocycles. The molecule has 0 spiro atoms. The van der Waals surface area contributed by atoms with Crippen molar-refractivity contribution in [1.29, 1.82) is 0 Å². The van der Waals surface area contributed by atoms with E-state index < -0.39 is 0 Å². The van der Waals surface area contributed by atoms with Crippen molar-refractivity contribution in [2.75, 3.05) is 26.7 Å². The van der Waals surface area contributed by atoms with Crippen molar-refractivity contribution in [1.82, 2.24) is 4.90 Å². The largest absolute Gasteiger partial charge is 0.381 e. The van der Waals surface area contributed by atoms with E-state index in [4.69, 9.17) is 10.5 Å². The normalized spacial score (nSPS) is 36.4. The molecular formula is C18H36N2O. The van der Waals surface area contributed by atoms with E-state index in [0.29, 0.717) is 11.5 Å². The third-order valence-corrected chi connectivity index (χ3v) is 6.20. The Bertz CT molecular complexity index is 316. The molecule has 1 aliphatic carbocycles. The third kappa shape index (κ3) is 4.00. The van der Waals surface area contributed by atoms with Crippen LogP contribution in [-0.2, 0) is 4.74 Å². The van der Waals surface area contributed by atoms with Gasteiger partial charge in [0, 0.05) is 19.2 Å². The maximum atomic E-state index is 6.24. The molecule has 2 aliphatic rings. The zero-order valence-electron chi connectivity index (χ0n) is 14.7. The molecule has 2 rings (SSSR count). The Kier molecular flexibility index (Phi) is 5.72. The van der Waals surface area contributed by atoms with Gasteiger partial charge in [0.2, 0.25) is 0 Å². The van der Waals surface area contributed by atoms with Crippen LogP contribution in [0.5, 0.6) is 0 Å². The second kappa shape index (κ2) is 6.97. The monoisotopic (exact) mass is 296 g/mol. The lowest BCUT2D eigenvalue weighted by molar-refractivity contribution is -0.00660. The summed E-state index contributed by atoms with van der Waals surface area (Å²) in [6.45, 7) is 10.5. The van der Waals surface area contributed by atoms with E-state index in [0.717, 1.165) is 12.5 Å². The van der Waals surface area contributed by atoms with Crippen molar-refractivity contribution >= 4 is 0 Å². The lowest BCUT2D eigenvalue weighted by atomic mass is 9.76. The molecule has 0 radical (unpaired) electrons. The van der Waals surface area contributed by atoms with Crippen LogP contribution in [-0.4, -0.2) is 43.3 Å². The second-order valence-electron chi connectivity index (χ2n) is 8.34. The second-order valence-corrected chi connectivity index (χ2v) is 8.34. The molecule has 2 fully saturated rings. The van der Waals surface area contributed by atoms with Gasteiger partial charge in [-0.3, -0.25) is 4.90 Å². The summed E-state index contributed by atoms with van der Waals surface area (Å²) in [5.74, 6) is 0.854. The van der Waals surface area contributed by atoms with Gasteiger partial charge in [0.05, 0.1) is 6.10 Å². The summed E-state index contributed by atoms with van der Waals surface area (Å²) in [6, 6.07) is 0. The van der Waals surface area contributed by atoms with Gasteiger partial charge in [-0.25, -0.2) is 0 Å². The van der Waals surface area contributed by atoms with E-state index in [2.05, 4.69) is 25.7 Å². The summed E-state index contributed by atoms with van der Waals surface area (Å²) in [7, 11) is 1.85. The van der Waals surface area contributed by atoms with Gasteiger partial charge in [0.1, 0.15) is 0 Å². The van der Waals surface area contributed by atoms with Crippen molar-refractivity contribution in [3.8, 4) is 0 Å². The predicted molar refractivity (Wildman–Crippen MR) is 89.4 cm³/mol. The average molecular weight is 296 g/mol. The minimum atomic E-state index is 0.252. The number of methoxy groups -OCH3 is 1.